The van der Waals surface area contributed by atoms with E-state index in [0.29, 0.717) is 23.7 Å². The predicted molar refractivity (Wildman–Crippen MR) is 107 cm³/mol. The van der Waals surface area contributed by atoms with Gasteiger partial charge in [0.05, 0.1) is 12.2 Å². The molecule has 0 aliphatic carbocycles. The molecule has 3 rings (SSSR count). The molecule has 0 aliphatic heterocycles. The Hall–Kier alpha value is -3.34. The summed E-state index contributed by atoms with van der Waals surface area (Å²) in [6.07, 6.45) is 1.14. The maximum Gasteiger partial charge on any atom is 0.345 e. The molecule has 28 heavy (non-hydrogen) atoms. The monoisotopic (exact) mass is 378 g/mol. The fourth-order valence-corrected chi connectivity index (χ4v) is 2.75. The molecule has 0 radical (unpaired) electrons. The first-order valence-electron chi connectivity index (χ1n) is 9.08. The molecule has 5 nitrogen and oxygen atoms in total. The second-order valence-electron chi connectivity index (χ2n) is 6.45. The Labute approximate surface area is 163 Å². The molecule has 0 spiro atoms. The van der Waals surface area contributed by atoms with Crippen molar-refractivity contribution in [1.29, 1.82) is 0 Å². The average molecular weight is 378 g/mol. The van der Waals surface area contributed by atoms with Crippen molar-refractivity contribution in [3.63, 3.8) is 0 Å². The summed E-state index contributed by atoms with van der Waals surface area (Å²) < 4.78 is 16.5. The molecule has 0 N–H and O–H groups in total. The molecule has 0 atom stereocenters. The van der Waals surface area contributed by atoms with Crippen LogP contribution < -0.4 is 10.2 Å². The van der Waals surface area contributed by atoms with Gasteiger partial charge in [-0.05, 0) is 49.6 Å². The van der Waals surface area contributed by atoms with Gasteiger partial charge in [0.15, 0.2) is 5.43 Å². The Morgan fingerprint density at radius 3 is 2.43 bits per heavy atom. The van der Waals surface area contributed by atoms with Crippen LogP contribution in [0.3, 0.4) is 0 Å². The molecule has 0 saturated carbocycles. The maximum absolute atomic E-state index is 12.4. The van der Waals surface area contributed by atoms with Crippen LogP contribution in [0.2, 0.25) is 0 Å². The van der Waals surface area contributed by atoms with E-state index in [0.717, 1.165) is 23.0 Å². The van der Waals surface area contributed by atoms with Gasteiger partial charge in [-0.1, -0.05) is 30.3 Å². The van der Waals surface area contributed by atoms with E-state index in [9.17, 15) is 9.59 Å². The predicted octanol–water partition coefficient (Wildman–Crippen LogP) is 4.68. The summed E-state index contributed by atoms with van der Waals surface area (Å²) in [5.74, 6) is 0.256. The van der Waals surface area contributed by atoms with E-state index in [1.165, 1.54) is 6.07 Å². The first-order valence-corrected chi connectivity index (χ1v) is 9.08. The number of hydrogen-bond acceptors (Lipinski definition) is 5. The summed E-state index contributed by atoms with van der Waals surface area (Å²) in [6.45, 7) is 6.23. The molecule has 0 saturated heterocycles. The lowest BCUT2D eigenvalue weighted by molar-refractivity contribution is 0.0522. The van der Waals surface area contributed by atoms with E-state index in [4.69, 9.17) is 13.9 Å². The van der Waals surface area contributed by atoms with Crippen LogP contribution in [0, 0.1) is 13.8 Å². The maximum atomic E-state index is 12.4. The Kier molecular flexibility index (Phi) is 5.94. The summed E-state index contributed by atoms with van der Waals surface area (Å²) in [5.41, 5.74) is 3.22. The number of benzene rings is 2. The minimum Gasteiger partial charge on any atom is -0.488 e. The molecule has 0 amide bonds. The third-order valence-electron chi connectivity index (χ3n) is 4.43. The number of carbonyl (C=O) groups excluding carboxylic acids is 1. The Bertz CT molecular complexity index is 1030. The highest BCUT2D eigenvalue weighted by Gasteiger charge is 2.17. The molecular weight excluding hydrogens is 356 g/mol. The zero-order valence-corrected chi connectivity index (χ0v) is 16.2. The van der Waals surface area contributed by atoms with Crippen LogP contribution in [0.1, 0.15) is 34.0 Å². The van der Waals surface area contributed by atoms with Gasteiger partial charge in [0, 0.05) is 6.07 Å². The van der Waals surface area contributed by atoms with Crippen molar-refractivity contribution in [2.45, 2.75) is 27.4 Å². The van der Waals surface area contributed by atoms with Crippen LogP contribution in [-0.4, -0.2) is 12.6 Å². The van der Waals surface area contributed by atoms with Crippen molar-refractivity contribution in [3.8, 4) is 17.1 Å². The van der Waals surface area contributed by atoms with Crippen LogP contribution in [0.5, 0.6) is 5.75 Å². The number of esters is 1. The van der Waals surface area contributed by atoms with Crippen molar-refractivity contribution in [2.24, 2.45) is 0 Å². The number of rotatable bonds is 6. The third kappa shape index (κ3) is 4.31. The molecular formula is C23H22O5. The van der Waals surface area contributed by atoms with E-state index in [-0.39, 0.29) is 12.2 Å². The molecule has 5 heteroatoms. The lowest BCUT2D eigenvalue weighted by Crippen LogP contribution is -2.16. The highest BCUT2D eigenvalue weighted by molar-refractivity contribution is 5.89. The summed E-state index contributed by atoms with van der Waals surface area (Å²) in [5, 5.41) is 0. The van der Waals surface area contributed by atoms with Crippen LogP contribution in [0.4, 0.5) is 0 Å². The zero-order valence-electron chi connectivity index (χ0n) is 16.2. The number of ether oxygens (including phenoxy) is 2. The van der Waals surface area contributed by atoms with Crippen molar-refractivity contribution in [2.75, 3.05) is 6.61 Å². The van der Waals surface area contributed by atoms with Gasteiger partial charge in [-0.15, -0.1) is 0 Å². The Balaban J connectivity index is 1.96. The van der Waals surface area contributed by atoms with E-state index >= 15 is 0 Å². The molecule has 1 aromatic heterocycles. The number of aryl methyl sites for hydroxylation is 2. The molecule has 1 heterocycles. The molecule has 0 bridgehead atoms. The topological polar surface area (TPSA) is 65.7 Å². The van der Waals surface area contributed by atoms with Gasteiger partial charge in [-0.3, -0.25) is 4.79 Å². The molecule has 144 valence electrons. The fourth-order valence-electron chi connectivity index (χ4n) is 2.75. The lowest BCUT2D eigenvalue weighted by atomic mass is 10.0. The SMILES string of the molecule is CCOC(=O)c1coc(-c2cc(C)c(C)cc2OCc2ccccc2)cc1=O. The summed E-state index contributed by atoms with van der Waals surface area (Å²) in [6, 6.07) is 14.9. The van der Waals surface area contributed by atoms with Gasteiger partial charge in [0.2, 0.25) is 0 Å². The average Bonchev–Trinajstić information content (AvgIpc) is 2.69. The molecule has 2 aromatic carbocycles. The van der Waals surface area contributed by atoms with Crippen LogP contribution >= 0.6 is 0 Å². The normalized spacial score (nSPS) is 10.5. The molecule has 0 aliphatic rings. The molecule has 0 fully saturated rings. The van der Waals surface area contributed by atoms with Crippen LogP contribution in [-0.2, 0) is 11.3 Å². The van der Waals surface area contributed by atoms with Gasteiger partial charge >= 0.3 is 5.97 Å². The van der Waals surface area contributed by atoms with Gasteiger partial charge in [0.1, 0.15) is 29.9 Å². The minimum absolute atomic E-state index is 0.124. The highest BCUT2D eigenvalue weighted by atomic mass is 16.5. The summed E-state index contributed by atoms with van der Waals surface area (Å²) in [4.78, 5) is 24.2. The minimum atomic E-state index is -0.691. The summed E-state index contributed by atoms with van der Waals surface area (Å²) >= 11 is 0. The van der Waals surface area contributed by atoms with Gasteiger partial charge in [-0.2, -0.15) is 0 Å². The smallest absolute Gasteiger partial charge is 0.345 e. The largest absolute Gasteiger partial charge is 0.488 e. The molecule has 3 aromatic rings. The molecule has 0 unspecified atom stereocenters. The Morgan fingerprint density at radius 1 is 1.04 bits per heavy atom. The van der Waals surface area contributed by atoms with Gasteiger partial charge < -0.3 is 13.9 Å². The lowest BCUT2D eigenvalue weighted by Gasteiger charge is -2.14. The third-order valence-corrected chi connectivity index (χ3v) is 4.43. The second-order valence-corrected chi connectivity index (χ2v) is 6.45. The first kappa shape index (κ1) is 19.4. The van der Waals surface area contributed by atoms with E-state index in [2.05, 4.69) is 0 Å². The highest BCUT2D eigenvalue weighted by Crippen LogP contribution is 2.33. The van der Waals surface area contributed by atoms with Crippen molar-refractivity contribution in [1.82, 2.24) is 0 Å². The van der Waals surface area contributed by atoms with Gasteiger partial charge in [-0.25, -0.2) is 4.79 Å². The van der Waals surface area contributed by atoms with Crippen molar-refractivity contribution in [3.05, 3.63) is 87.3 Å². The Morgan fingerprint density at radius 2 is 1.75 bits per heavy atom. The van der Waals surface area contributed by atoms with E-state index in [1.54, 1.807) is 6.92 Å². The van der Waals surface area contributed by atoms with Crippen molar-refractivity contribution < 1.29 is 18.7 Å². The zero-order chi connectivity index (χ0) is 20.1. The second kappa shape index (κ2) is 8.57. The fraction of sp³-hybridized carbons (Fsp3) is 0.217. The van der Waals surface area contributed by atoms with Crippen LogP contribution in [0.25, 0.3) is 11.3 Å². The van der Waals surface area contributed by atoms with Crippen molar-refractivity contribution >= 4 is 5.97 Å². The number of carbonyl (C=O) groups is 1. The van der Waals surface area contributed by atoms with E-state index < -0.39 is 11.4 Å². The quantitative estimate of drug-likeness (QED) is 0.583. The number of hydrogen-bond donors (Lipinski definition) is 0. The standard InChI is InChI=1S/C23H22O5/c1-4-26-23(25)19-14-28-22(12-20(19)24)18-10-15(2)16(3)11-21(18)27-13-17-8-6-5-7-9-17/h5-12,14H,4,13H2,1-3H3. The first-order chi connectivity index (χ1) is 13.5. The van der Waals surface area contributed by atoms with Gasteiger partial charge in [0.25, 0.3) is 0 Å². The van der Waals surface area contributed by atoms with Crippen LogP contribution in [0.15, 0.2) is 64.0 Å². The van der Waals surface area contributed by atoms with E-state index in [1.807, 2.05) is 56.3 Å². The summed E-state index contributed by atoms with van der Waals surface area (Å²) in [7, 11) is 0.